The molecule has 3 aromatic carbocycles. The van der Waals surface area contributed by atoms with Gasteiger partial charge < -0.3 is 33.9 Å². The summed E-state index contributed by atoms with van der Waals surface area (Å²) < 4.78 is 43.7. The molecule has 0 saturated carbocycles. The zero-order valence-corrected chi connectivity index (χ0v) is 24.9. The van der Waals surface area contributed by atoms with Crippen molar-refractivity contribution in [3.8, 4) is 28.4 Å². The number of fused-ring (bicyclic) bond motifs is 1. The molecule has 1 unspecified atom stereocenters. The number of aryl methyl sites for hydroxylation is 1. The van der Waals surface area contributed by atoms with Crippen LogP contribution in [0.1, 0.15) is 38.8 Å². The number of rotatable bonds is 8. The molecular weight excluding hydrogens is 523 g/mol. The van der Waals surface area contributed by atoms with Gasteiger partial charge in [-0.05, 0) is 70.0 Å². The Morgan fingerprint density at radius 1 is 1.02 bits per heavy atom. The van der Waals surface area contributed by atoms with Gasteiger partial charge >= 0.3 is 0 Å². The van der Waals surface area contributed by atoms with E-state index in [2.05, 4.69) is 42.8 Å². The van der Waals surface area contributed by atoms with Crippen LogP contribution in [0.15, 0.2) is 60.8 Å². The van der Waals surface area contributed by atoms with Crippen molar-refractivity contribution in [2.24, 2.45) is 0 Å². The number of nitrogens with one attached hydrogen (secondary N) is 1. The Hall–Kier alpha value is -3.75. The molecule has 1 fully saturated rings. The number of hydrogen-bond donors (Lipinski definition) is 1. The van der Waals surface area contributed by atoms with Crippen LogP contribution < -0.4 is 24.4 Å². The summed E-state index contributed by atoms with van der Waals surface area (Å²) >= 11 is 0. The van der Waals surface area contributed by atoms with Gasteiger partial charge in [0.2, 0.25) is 0 Å². The van der Waals surface area contributed by atoms with Gasteiger partial charge in [0.1, 0.15) is 42.4 Å². The van der Waals surface area contributed by atoms with Crippen LogP contribution in [0.5, 0.6) is 17.2 Å². The SMILES string of the molecule is C=C1N(C)c2c(ccc(-c3ccc(OCC4COC(C)(C)O4)cc3OC)c2COc2cc(F)ccc2C)NC1(C)C. The van der Waals surface area contributed by atoms with Gasteiger partial charge in [-0.25, -0.2) is 4.39 Å². The molecule has 1 N–H and O–H groups in total. The highest BCUT2D eigenvalue weighted by molar-refractivity contribution is 5.88. The lowest BCUT2D eigenvalue weighted by Gasteiger charge is -2.43. The molecule has 1 atom stereocenters. The van der Waals surface area contributed by atoms with Crippen molar-refractivity contribution in [1.82, 2.24) is 0 Å². The Kier molecular flexibility index (Phi) is 7.66. The van der Waals surface area contributed by atoms with E-state index in [0.29, 0.717) is 30.5 Å². The number of nitrogens with zero attached hydrogens (tertiary/aromatic N) is 1. The fraction of sp³-hybridized carbons (Fsp3) is 0.394. The third kappa shape index (κ3) is 5.85. The van der Waals surface area contributed by atoms with E-state index in [4.69, 9.17) is 23.7 Å². The molecule has 0 radical (unpaired) electrons. The molecule has 0 amide bonds. The second kappa shape index (κ2) is 10.9. The lowest BCUT2D eigenvalue weighted by atomic mass is 9.90. The summed E-state index contributed by atoms with van der Waals surface area (Å²) in [6.07, 6.45) is -0.147. The molecule has 7 nitrogen and oxygen atoms in total. The number of anilines is 2. The molecule has 2 aliphatic rings. The van der Waals surface area contributed by atoms with Crippen LogP contribution in [0.3, 0.4) is 0 Å². The molecule has 0 aliphatic carbocycles. The third-order valence-corrected chi connectivity index (χ3v) is 7.68. The van der Waals surface area contributed by atoms with Crippen molar-refractivity contribution in [1.29, 1.82) is 0 Å². The number of hydrogen-bond acceptors (Lipinski definition) is 7. The quantitative estimate of drug-likeness (QED) is 0.315. The Morgan fingerprint density at radius 3 is 2.49 bits per heavy atom. The standard InChI is InChI=1S/C33H39FN2O5/c1-20-9-10-22(34)15-29(20)39-19-27-25(13-14-28-31(27)36(7)21(2)32(3,4)35-28)26-12-11-23(16-30(26)37-8)38-17-24-18-40-33(5,6)41-24/h9-16,24,35H,2,17-19H2,1,3-8H3. The molecule has 0 spiro atoms. The van der Waals surface area contributed by atoms with E-state index in [1.165, 1.54) is 12.1 Å². The first-order valence-electron chi connectivity index (χ1n) is 13.8. The molecule has 218 valence electrons. The van der Waals surface area contributed by atoms with Crippen molar-refractivity contribution in [3.05, 3.63) is 77.8 Å². The molecule has 41 heavy (non-hydrogen) atoms. The highest BCUT2D eigenvalue weighted by Crippen LogP contribution is 2.47. The first-order chi connectivity index (χ1) is 19.4. The van der Waals surface area contributed by atoms with Gasteiger partial charge in [0.05, 0.1) is 30.6 Å². The zero-order valence-electron chi connectivity index (χ0n) is 24.9. The van der Waals surface area contributed by atoms with E-state index in [0.717, 1.165) is 39.3 Å². The molecule has 1 saturated heterocycles. The smallest absolute Gasteiger partial charge is 0.163 e. The Bertz CT molecular complexity index is 1470. The summed E-state index contributed by atoms with van der Waals surface area (Å²) in [7, 11) is 3.65. The fourth-order valence-corrected chi connectivity index (χ4v) is 5.38. The second-order valence-corrected chi connectivity index (χ2v) is 11.6. The van der Waals surface area contributed by atoms with Gasteiger partial charge in [0.15, 0.2) is 5.79 Å². The van der Waals surface area contributed by atoms with Crippen molar-refractivity contribution >= 4 is 11.4 Å². The average molecular weight is 563 g/mol. The number of ether oxygens (including phenoxy) is 5. The van der Waals surface area contributed by atoms with E-state index in [-0.39, 0.29) is 24.1 Å². The number of benzene rings is 3. The van der Waals surface area contributed by atoms with Crippen LogP contribution in [-0.2, 0) is 16.1 Å². The monoisotopic (exact) mass is 562 g/mol. The normalized spacial score (nSPS) is 19.0. The third-order valence-electron chi connectivity index (χ3n) is 7.68. The van der Waals surface area contributed by atoms with Crippen molar-refractivity contribution in [3.63, 3.8) is 0 Å². The molecule has 0 aromatic heterocycles. The number of likely N-dealkylation sites (N-methyl/N-ethyl adjacent to an activating group) is 1. The molecule has 3 aromatic rings. The van der Waals surface area contributed by atoms with Crippen molar-refractivity contribution < 1.29 is 28.1 Å². The van der Waals surface area contributed by atoms with E-state index in [1.807, 2.05) is 46.0 Å². The Labute approximate surface area is 241 Å². The van der Waals surface area contributed by atoms with Crippen LogP contribution >= 0.6 is 0 Å². The zero-order chi connectivity index (χ0) is 29.5. The average Bonchev–Trinajstić information content (AvgIpc) is 3.29. The van der Waals surface area contributed by atoms with E-state index in [1.54, 1.807) is 13.2 Å². The number of methoxy groups -OCH3 is 1. The highest BCUT2D eigenvalue weighted by Gasteiger charge is 2.35. The first kappa shape index (κ1) is 28.8. The van der Waals surface area contributed by atoms with Gasteiger partial charge in [-0.2, -0.15) is 0 Å². The molecule has 0 bridgehead atoms. The van der Waals surface area contributed by atoms with Gasteiger partial charge in [-0.1, -0.05) is 18.7 Å². The maximum atomic E-state index is 14.1. The van der Waals surface area contributed by atoms with Crippen LogP contribution in [-0.4, -0.2) is 44.8 Å². The van der Waals surface area contributed by atoms with Crippen LogP contribution in [0.4, 0.5) is 15.8 Å². The molecule has 2 heterocycles. The first-order valence-corrected chi connectivity index (χ1v) is 13.8. The fourth-order valence-electron chi connectivity index (χ4n) is 5.38. The molecule has 8 heteroatoms. The topological polar surface area (TPSA) is 61.4 Å². The maximum Gasteiger partial charge on any atom is 0.163 e. The minimum absolute atomic E-state index is 0.147. The lowest BCUT2D eigenvalue weighted by Crippen LogP contribution is -2.44. The predicted molar refractivity (Wildman–Crippen MR) is 160 cm³/mol. The van der Waals surface area contributed by atoms with Crippen molar-refractivity contribution in [2.75, 3.05) is 37.6 Å². The molecular formula is C33H39FN2O5. The summed E-state index contributed by atoms with van der Waals surface area (Å²) in [6.45, 7) is 15.3. The van der Waals surface area contributed by atoms with Crippen LogP contribution in [0, 0.1) is 12.7 Å². The van der Waals surface area contributed by atoms with Crippen LogP contribution in [0.25, 0.3) is 11.1 Å². The highest BCUT2D eigenvalue weighted by atomic mass is 19.1. The largest absolute Gasteiger partial charge is 0.496 e. The molecule has 5 rings (SSSR count). The minimum atomic E-state index is -0.604. The second-order valence-electron chi connectivity index (χ2n) is 11.6. The molecule has 2 aliphatic heterocycles. The van der Waals surface area contributed by atoms with E-state index >= 15 is 0 Å². The summed E-state index contributed by atoms with van der Waals surface area (Å²) in [5.74, 6) is 0.869. The van der Waals surface area contributed by atoms with Gasteiger partial charge in [-0.15, -0.1) is 0 Å². The van der Waals surface area contributed by atoms with Gasteiger partial charge in [0.25, 0.3) is 0 Å². The lowest BCUT2D eigenvalue weighted by molar-refractivity contribution is -0.141. The summed E-state index contributed by atoms with van der Waals surface area (Å²) in [6, 6.07) is 14.5. The number of halogens is 1. The summed E-state index contributed by atoms with van der Waals surface area (Å²) in [5, 5.41) is 3.61. The van der Waals surface area contributed by atoms with Crippen LogP contribution in [0.2, 0.25) is 0 Å². The Balaban J connectivity index is 1.52. The predicted octanol–water partition coefficient (Wildman–Crippen LogP) is 7.07. The van der Waals surface area contributed by atoms with Crippen molar-refractivity contribution in [2.45, 2.75) is 58.7 Å². The van der Waals surface area contributed by atoms with Gasteiger partial charge in [-0.3, -0.25) is 0 Å². The van der Waals surface area contributed by atoms with E-state index < -0.39 is 5.79 Å². The minimum Gasteiger partial charge on any atom is -0.496 e. The summed E-state index contributed by atoms with van der Waals surface area (Å²) in [4.78, 5) is 2.10. The Morgan fingerprint density at radius 2 is 1.78 bits per heavy atom. The summed E-state index contributed by atoms with van der Waals surface area (Å²) in [5.41, 5.74) is 6.08. The maximum absolute atomic E-state index is 14.1. The van der Waals surface area contributed by atoms with Gasteiger partial charge in [0, 0.05) is 36.0 Å². The van der Waals surface area contributed by atoms with E-state index in [9.17, 15) is 4.39 Å².